The SMILES string of the molecule is C=CCN(C[C@@H]1O[C@H](c2ccc(CN3C(=O)CC(NC(=O)OCc4ccccc4)C3=O)cc2)O[C@H](c2ccc(CO)cc2)[C@@H]1C)C1CCCC1. The van der Waals surface area contributed by atoms with Crippen LogP contribution in [0.3, 0.4) is 0 Å². The van der Waals surface area contributed by atoms with Gasteiger partial charge in [0.25, 0.3) is 5.91 Å². The lowest BCUT2D eigenvalue weighted by Crippen LogP contribution is -2.47. The fourth-order valence-electron chi connectivity index (χ4n) is 7.20. The molecule has 1 aliphatic carbocycles. The van der Waals surface area contributed by atoms with Crippen molar-refractivity contribution in [1.29, 1.82) is 0 Å². The molecule has 2 saturated heterocycles. The highest BCUT2D eigenvalue weighted by atomic mass is 16.7. The highest BCUT2D eigenvalue weighted by Crippen LogP contribution is 2.42. The molecule has 5 atom stereocenters. The van der Waals surface area contributed by atoms with Gasteiger partial charge < -0.3 is 24.6 Å². The number of nitrogens with one attached hydrogen (secondary N) is 1. The molecular weight excluding hydrogens is 634 g/mol. The Morgan fingerprint density at radius 3 is 2.32 bits per heavy atom. The quantitative estimate of drug-likeness (QED) is 0.168. The first-order valence-electron chi connectivity index (χ1n) is 17.6. The molecule has 3 aromatic carbocycles. The number of hydrogen-bond donors (Lipinski definition) is 2. The van der Waals surface area contributed by atoms with E-state index in [0.717, 1.165) is 40.9 Å². The topological polar surface area (TPSA) is 118 Å². The van der Waals surface area contributed by atoms with Gasteiger partial charge in [-0.1, -0.05) is 105 Å². The molecule has 2 aliphatic heterocycles. The molecule has 1 unspecified atom stereocenters. The van der Waals surface area contributed by atoms with Gasteiger partial charge in [0.2, 0.25) is 5.91 Å². The van der Waals surface area contributed by atoms with Crippen LogP contribution in [0.2, 0.25) is 0 Å². The highest BCUT2D eigenvalue weighted by Gasteiger charge is 2.41. The number of aliphatic hydroxyl groups excluding tert-OH is 1. The predicted octanol–water partition coefficient (Wildman–Crippen LogP) is 5.95. The van der Waals surface area contributed by atoms with Gasteiger partial charge >= 0.3 is 6.09 Å². The fraction of sp³-hybridized carbons (Fsp3) is 0.425. The number of amides is 3. The monoisotopic (exact) mass is 681 g/mol. The first-order chi connectivity index (χ1) is 24.3. The molecule has 1 saturated carbocycles. The van der Waals surface area contributed by atoms with Crippen molar-refractivity contribution < 1.29 is 33.7 Å². The number of benzene rings is 3. The van der Waals surface area contributed by atoms with Crippen LogP contribution in [-0.2, 0) is 43.6 Å². The van der Waals surface area contributed by atoms with Crippen LogP contribution in [-0.4, -0.2) is 64.1 Å². The van der Waals surface area contributed by atoms with Gasteiger partial charge in [-0.15, -0.1) is 6.58 Å². The van der Waals surface area contributed by atoms with Crippen LogP contribution in [0.1, 0.15) is 79.2 Å². The molecule has 3 fully saturated rings. The maximum atomic E-state index is 13.1. The van der Waals surface area contributed by atoms with E-state index in [1.807, 2.05) is 84.9 Å². The lowest BCUT2D eigenvalue weighted by molar-refractivity contribution is -0.276. The van der Waals surface area contributed by atoms with E-state index < -0.39 is 24.3 Å². The van der Waals surface area contributed by atoms with Crippen molar-refractivity contribution in [1.82, 2.24) is 15.1 Å². The van der Waals surface area contributed by atoms with Crippen molar-refractivity contribution in [3.63, 3.8) is 0 Å². The summed E-state index contributed by atoms with van der Waals surface area (Å²) in [5, 5.41) is 12.1. The molecule has 3 aliphatic rings. The summed E-state index contributed by atoms with van der Waals surface area (Å²) in [6.07, 6.45) is 4.97. The van der Waals surface area contributed by atoms with Gasteiger partial charge in [0, 0.05) is 30.6 Å². The van der Waals surface area contributed by atoms with E-state index in [0.29, 0.717) is 6.04 Å². The minimum atomic E-state index is -0.971. The van der Waals surface area contributed by atoms with Crippen LogP contribution in [0.5, 0.6) is 0 Å². The van der Waals surface area contributed by atoms with Gasteiger partial charge in [-0.25, -0.2) is 4.79 Å². The molecule has 0 spiro atoms. The molecule has 0 aromatic heterocycles. The molecule has 264 valence electrons. The second-order valence-corrected chi connectivity index (χ2v) is 13.5. The first-order valence-corrected chi connectivity index (χ1v) is 17.6. The molecule has 0 bridgehead atoms. The number of hydrogen-bond acceptors (Lipinski definition) is 8. The van der Waals surface area contributed by atoms with Crippen molar-refractivity contribution in [2.24, 2.45) is 5.92 Å². The number of rotatable bonds is 13. The summed E-state index contributed by atoms with van der Waals surface area (Å²) >= 11 is 0. The first kappa shape index (κ1) is 35.5. The van der Waals surface area contributed by atoms with Gasteiger partial charge in [-0.2, -0.15) is 0 Å². The molecule has 2 N–H and O–H groups in total. The van der Waals surface area contributed by atoms with Gasteiger partial charge in [-0.05, 0) is 35.1 Å². The second-order valence-electron chi connectivity index (χ2n) is 13.5. The van der Waals surface area contributed by atoms with E-state index >= 15 is 0 Å². The summed E-state index contributed by atoms with van der Waals surface area (Å²) in [5.41, 5.74) is 4.28. The van der Waals surface area contributed by atoms with Crippen LogP contribution >= 0.6 is 0 Å². The minimum Gasteiger partial charge on any atom is -0.445 e. The lowest BCUT2D eigenvalue weighted by Gasteiger charge is -2.43. The Morgan fingerprint density at radius 2 is 1.64 bits per heavy atom. The van der Waals surface area contributed by atoms with Crippen molar-refractivity contribution in [2.45, 2.75) is 89.4 Å². The number of ether oxygens (including phenoxy) is 3. The van der Waals surface area contributed by atoms with E-state index in [4.69, 9.17) is 14.2 Å². The summed E-state index contributed by atoms with van der Waals surface area (Å²) in [4.78, 5) is 42.0. The summed E-state index contributed by atoms with van der Waals surface area (Å²) in [5.74, 6) is -0.763. The summed E-state index contributed by atoms with van der Waals surface area (Å²) < 4.78 is 18.6. The van der Waals surface area contributed by atoms with Crippen molar-refractivity contribution in [3.05, 3.63) is 119 Å². The maximum absolute atomic E-state index is 13.1. The van der Waals surface area contributed by atoms with Gasteiger partial charge in [-0.3, -0.25) is 19.4 Å². The number of likely N-dealkylation sites (tertiary alicyclic amines) is 1. The van der Waals surface area contributed by atoms with E-state index in [2.05, 4.69) is 23.7 Å². The van der Waals surface area contributed by atoms with Crippen LogP contribution in [0.25, 0.3) is 0 Å². The Labute approximate surface area is 294 Å². The fourth-order valence-corrected chi connectivity index (χ4v) is 7.20. The largest absolute Gasteiger partial charge is 0.445 e. The third-order valence-electron chi connectivity index (χ3n) is 10.1. The standard InChI is InChI=1S/C40H47N3O7/c1-3-21-42(33-11-7-8-12-33)24-35-27(2)37(31-17-15-29(25-44)16-18-31)50-39(49-35)32-19-13-28(14-20-32)23-43-36(45)22-34(38(43)46)41-40(47)48-26-30-9-5-4-6-10-30/h3-6,9-10,13-20,27,33-35,37,39,44H,1,7-8,11-12,21-26H2,2H3,(H,41,47)/t27-,34?,35+,37+,39+/m1/s1. The zero-order chi connectivity index (χ0) is 35.0. The molecule has 6 rings (SSSR count). The molecule has 0 radical (unpaired) electrons. The molecule has 10 heteroatoms. The zero-order valence-electron chi connectivity index (χ0n) is 28.6. The highest BCUT2D eigenvalue weighted by molar-refractivity contribution is 6.06. The number of nitrogens with zero attached hydrogens (tertiary/aromatic N) is 2. The lowest BCUT2D eigenvalue weighted by atomic mass is 9.89. The van der Waals surface area contributed by atoms with Gasteiger partial charge in [0.05, 0.1) is 31.8 Å². The van der Waals surface area contributed by atoms with Gasteiger partial charge in [0.15, 0.2) is 6.29 Å². The Bertz CT molecular complexity index is 1610. The predicted molar refractivity (Wildman–Crippen MR) is 187 cm³/mol. The molecule has 10 nitrogen and oxygen atoms in total. The number of imide groups is 1. The Kier molecular flexibility index (Phi) is 11.8. The Balaban J connectivity index is 1.12. The average molecular weight is 682 g/mol. The van der Waals surface area contributed by atoms with E-state index in [1.165, 1.54) is 30.6 Å². The van der Waals surface area contributed by atoms with Crippen molar-refractivity contribution in [3.8, 4) is 0 Å². The van der Waals surface area contributed by atoms with Crippen LogP contribution in [0, 0.1) is 5.92 Å². The normalized spacial score (nSPS) is 24.1. The molecule has 50 heavy (non-hydrogen) atoms. The summed E-state index contributed by atoms with van der Waals surface area (Å²) in [6.45, 7) is 7.87. The van der Waals surface area contributed by atoms with Gasteiger partial charge in [0.1, 0.15) is 12.6 Å². The Morgan fingerprint density at radius 1 is 0.960 bits per heavy atom. The van der Waals surface area contributed by atoms with Crippen molar-refractivity contribution in [2.75, 3.05) is 13.1 Å². The number of carbonyl (C=O) groups is 3. The van der Waals surface area contributed by atoms with E-state index in [-0.39, 0.29) is 50.2 Å². The maximum Gasteiger partial charge on any atom is 0.408 e. The number of aliphatic hydroxyl groups is 1. The smallest absolute Gasteiger partial charge is 0.408 e. The number of carbonyl (C=O) groups excluding carboxylic acids is 3. The second kappa shape index (κ2) is 16.6. The minimum absolute atomic E-state index is 0.0208. The third kappa shape index (κ3) is 8.50. The molecule has 3 aromatic rings. The molecule has 2 heterocycles. The van der Waals surface area contributed by atoms with Crippen LogP contribution < -0.4 is 5.32 Å². The summed E-state index contributed by atoms with van der Waals surface area (Å²) in [7, 11) is 0. The Hall–Kier alpha value is -4.35. The zero-order valence-corrected chi connectivity index (χ0v) is 28.6. The van der Waals surface area contributed by atoms with Crippen molar-refractivity contribution >= 4 is 17.9 Å². The molecule has 3 amide bonds. The average Bonchev–Trinajstić information content (AvgIpc) is 3.77. The molecular formula is C40H47N3O7. The van der Waals surface area contributed by atoms with E-state index in [1.54, 1.807) is 0 Å². The van der Waals surface area contributed by atoms with Crippen LogP contribution in [0.15, 0.2) is 91.5 Å². The van der Waals surface area contributed by atoms with Crippen LogP contribution in [0.4, 0.5) is 4.79 Å². The summed E-state index contributed by atoms with van der Waals surface area (Å²) in [6, 6.07) is 24.2. The third-order valence-corrected chi connectivity index (χ3v) is 10.1. The van der Waals surface area contributed by atoms with E-state index in [9.17, 15) is 19.5 Å². The number of alkyl carbamates (subject to hydrolysis) is 1.